The van der Waals surface area contributed by atoms with Gasteiger partial charge in [0.1, 0.15) is 5.60 Å². The first-order chi connectivity index (χ1) is 7.74. The van der Waals surface area contributed by atoms with Crippen LogP contribution in [0.1, 0.15) is 40.0 Å². The number of carboxylic acid groups (broad SMARTS) is 1. The monoisotopic (exact) mass is 263 g/mol. The number of amides is 1. The van der Waals surface area contributed by atoms with Crippen LogP contribution in [0.15, 0.2) is 0 Å². The van der Waals surface area contributed by atoms with Crippen molar-refractivity contribution < 1.29 is 19.4 Å². The quantitative estimate of drug-likeness (QED) is 0.641. The summed E-state index contributed by atoms with van der Waals surface area (Å²) in [5.41, 5.74) is -0.582. The van der Waals surface area contributed by atoms with Crippen LogP contribution in [0.5, 0.6) is 0 Å². The van der Waals surface area contributed by atoms with Crippen molar-refractivity contribution >= 4 is 24.7 Å². The highest BCUT2D eigenvalue weighted by Gasteiger charge is 2.20. The second kappa shape index (κ2) is 7.42. The van der Waals surface area contributed by atoms with Crippen molar-refractivity contribution in [1.29, 1.82) is 0 Å². The smallest absolute Gasteiger partial charge is 0.407 e. The molecule has 1 amide bonds. The van der Waals surface area contributed by atoms with Gasteiger partial charge in [-0.1, -0.05) is 0 Å². The van der Waals surface area contributed by atoms with Crippen molar-refractivity contribution in [2.45, 2.75) is 51.7 Å². The number of hydrogen-bond acceptors (Lipinski definition) is 4. The Morgan fingerprint density at radius 1 is 1.41 bits per heavy atom. The molecule has 17 heavy (non-hydrogen) atoms. The van der Waals surface area contributed by atoms with Crippen LogP contribution in [0.4, 0.5) is 4.79 Å². The van der Waals surface area contributed by atoms with Crippen LogP contribution < -0.4 is 5.32 Å². The van der Waals surface area contributed by atoms with Crippen LogP contribution in [0.25, 0.3) is 0 Å². The second-order valence-electron chi connectivity index (χ2n) is 4.81. The van der Waals surface area contributed by atoms with Gasteiger partial charge in [-0.05, 0) is 39.4 Å². The lowest BCUT2D eigenvalue weighted by Gasteiger charge is -2.22. The number of ether oxygens (including phenoxy) is 1. The number of rotatable bonds is 6. The third-order valence-electron chi connectivity index (χ3n) is 1.85. The number of carbonyl (C=O) groups excluding carboxylic acids is 1. The molecule has 0 bridgehead atoms. The molecule has 5 nitrogen and oxygen atoms in total. The van der Waals surface area contributed by atoms with E-state index in [-0.39, 0.29) is 6.42 Å². The largest absolute Gasteiger partial charge is 0.481 e. The van der Waals surface area contributed by atoms with Gasteiger partial charge in [0.2, 0.25) is 0 Å². The van der Waals surface area contributed by atoms with Crippen molar-refractivity contribution in [3.8, 4) is 0 Å². The summed E-state index contributed by atoms with van der Waals surface area (Å²) in [5, 5.41) is 11.3. The number of carboxylic acids is 1. The van der Waals surface area contributed by atoms with Gasteiger partial charge in [0, 0.05) is 6.04 Å². The molecular weight excluding hydrogens is 242 g/mol. The number of nitrogens with one attached hydrogen (secondary N) is 1. The molecule has 0 unspecified atom stereocenters. The number of alkyl carbamates (subject to hydrolysis) is 1. The van der Waals surface area contributed by atoms with Gasteiger partial charge in [-0.15, -0.1) is 0 Å². The lowest BCUT2D eigenvalue weighted by atomic mass is 10.1. The van der Waals surface area contributed by atoms with Gasteiger partial charge in [0.15, 0.2) is 0 Å². The van der Waals surface area contributed by atoms with Crippen molar-refractivity contribution in [3.05, 3.63) is 0 Å². The summed E-state index contributed by atoms with van der Waals surface area (Å²) in [5.74, 6) is -0.281. The molecule has 0 saturated heterocycles. The molecule has 0 aromatic heterocycles. The molecule has 100 valence electrons. The highest BCUT2D eigenvalue weighted by molar-refractivity contribution is 7.80. The van der Waals surface area contributed by atoms with Gasteiger partial charge >= 0.3 is 12.1 Å². The van der Waals surface area contributed by atoms with Crippen LogP contribution in [0, 0.1) is 0 Å². The minimum Gasteiger partial charge on any atom is -0.481 e. The predicted octanol–water partition coefficient (Wildman–Crippen LogP) is 2.06. The van der Waals surface area contributed by atoms with Crippen molar-refractivity contribution in [1.82, 2.24) is 5.32 Å². The Morgan fingerprint density at radius 3 is 2.41 bits per heavy atom. The molecule has 0 heterocycles. The van der Waals surface area contributed by atoms with E-state index >= 15 is 0 Å². The highest BCUT2D eigenvalue weighted by atomic mass is 32.1. The molecule has 2 N–H and O–H groups in total. The Labute approximate surface area is 107 Å². The normalized spacial score (nSPS) is 12.9. The highest BCUT2D eigenvalue weighted by Crippen LogP contribution is 2.09. The van der Waals surface area contributed by atoms with Crippen LogP contribution in [0.3, 0.4) is 0 Å². The fourth-order valence-corrected chi connectivity index (χ4v) is 1.43. The first-order valence-corrected chi connectivity index (χ1v) is 6.20. The molecular formula is C11H21NO4S. The molecule has 1 atom stereocenters. The molecule has 0 radical (unpaired) electrons. The SMILES string of the molecule is CC(C)(C)OC(=O)N[C@@H](CCCS)CC(=O)O. The van der Waals surface area contributed by atoms with E-state index in [0.29, 0.717) is 12.2 Å². The van der Waals surface area contributed by atoms with Gasteiger partial charge in [-0.2, -0.15) is 12.6 Å². The lowest BCUT2D eigenvalue weighted by molar-refractivity contribution is -0.137. The van der Waals surface area contributed by atoms with E-state index < -0.39 is 23.7 Å². The van der Waals surface area contributed by atoms with E-state index in [0.717, 1.165) is 6.42 Å². The first kappa shape index (κ1) is 16.1. The summed E-state index contributed by atoms with van der Waals surface area (Å²) in [6.45, 7) is 5.27. The van der Waals surface area contributed by atoms with Gasteiger partial charge in [-0.3, -0.25) is 4.79 Å². The summed E-state index contributed by atoms with van der Waals surface area (Å²) in [7, 11) is 0. The number of thiol groups is 1. The van der Waals surface area contributed by atoms with Crippen LogP contribution in [0.2, 0.25) is 0 Å². The Hall–Kier alpha value is -0.910. The van der Waals surface area contributed by atoms with Gasteiger partial charge < -0.3 is 15.2 Å². The zero-order valence-electron chi connectivity index (χ0n) is 10.5. The molecule has 6 heteroatoms. The molecule has 0 rings (SSSR count). The average Bonchev–Trinajstić information content (AvgIpc) is 2.09. The lowest BCUT2D eigenvalue weighted by Crippen LogP contribution is -2.40. The average molecular weight is 263 g/mol. The number of hydrogen-bond donors (Lipinski definition) is 3. The minimum absolute atomic E-state index is 0.104. The summed E-state index contributed by atoms with van der Waals surface area (Å²) in [6.07, 6.45) is 0.641. The van der Waals surface area contributed by atoms with Gasteiger partial charge in [-0.25, -0.2) is 4.79 Å². The van der Waals surface area contributed by atoms with E-state index in [1.807, 2.05) is 0 Å². The van der Waals surface area contributed by atoms with Crippen LogP contribution in [-0.2, 0) is 9.53 Å². The second-order valence-corrected chi connectivity index (χ2v) is 5.25. The first-order valence-electron chi connectivity index (χ1n) is 5.57. The summed E-state index contributed by atoms with van der Waals surface area (Å²) in [4.78, 5) is 22.1. The topological polar surface area (TPSA) is 75.6 Å². The Kier molecular flexibility index (Phi) is 7.03. The molecule has 0 saturated carbocycles. The molecule has 0 aromatic carbocycles. The minimum atomic E-state index is -0.940. The molecule has 0 aliphatic carbocycles. The molecule has 0 spiro atoms. The Balaban J connectivity index is 4.21. The zero-order valence-corrected chi connectivity index (χ0v) is 11.4. The van der Waals surface area contributed by atoms with E-state index in [9.17, 15) is 9.59 Å². The summed E-state index contributed by atoms with van der Waals surface area (Å²) >= 11 is 4.05. The summed E-state index contributed by atoms with van der Waals surface area (Å²) in [6, 6.07) is -0.408. The van der Waals surface area contributed by atoms with E-state index in [1.165, 1.54) is 0 Å². The number of aliphatic carboxylic acids is 1. The van der Waals surface area contributed by atoms with Gasteiger partial charge in [0.05, 0.1) is 6.42 Å². The molecule has 0 aliphatic rings. The third kappa shape index (κ3) is 9.99. The van der Waals surface area contributed by atoms with Crippen molar-refractivity contribution in [3.63, 3.8) is 0 Å². The fraction of sp³-hybridized carbons (Fsp3) is 0.818. The maximum absolute atomic E-state index is 11.5. The Bertz CT molecular complexity index is 263. The fourth-order valence-electron chi connectivity index (χ4n) is 1.25. The molecule has 0 fully saturated rings. The van der Waals surface area contributed by atoms with Crippen LogP contribution in [-0.4, -0.2) is 34.6 Å². The number of carbonyl (C=O) groups is 2. The van der Waals surface area contributed by atoms with E-state index in [4.69, 9.17) is 9.84 Å². The molecule has 0 aromatic rings. The zero-order chi connectivity index (χ0) is 13.5. The molecule has 0 aliphatic heterocycles. The van der Waals surface area contributed by atoms with Gasteiger partial charge in [0.25, 0.3) is 0 Å². The third-order valence-corrected chi connectivity index (χ3v) is 2.17. The van der Waals surface area contributed by atoms with E-state index in [1.54, 1.807) is 20.8 Å². The van der Waals surface area contributed by atoms with E-state index in [2.05, 4.69) is 17.9 Å². The maximum Gasteiger partial charge on any atom is 0.407 e. The van der Waals surface area contributed by atoms with Crippen molar-refractivity contribution in [2.24, 2.45) is 0 Å². The summed E-state index contributed by atoms with van der Waals surface area (Å²) < 4.78 is 5.07. The van der Waals surface area contributed by atoms with Crippen LogP contribution >= 0.6 is 12.6 Å². The standard InChI is InChI=1S/C11H21NO4S/c1-11(2,3)16-10(15)12-8(5-4-6-17)7-9(13)14/h8,17H,4-7H2,1-3H3,(H,12,15)(H,13,14)/t8-/m0/s1. The Morgan fingerprint density at radius 2 is 2.00 bits per heavy atom. The predicted molar refractivity (Wildman–Crippen MR) is 68.5 cm³/mol. The maximum atomic E-state index is 11.5. The van der Waals surface area contributed by atoms with Crippen molar-refractivity contribution in [2.75, 3.05) is 5.75 Å².